The maximum atomic E-state index is 12.4. The molecule has 0 saturated heterocycles. The first-order chi connectivity index (χ1) is 12.6. The lowest BCUT2D eigenvalue weighted by Crippen LogP contribution is -2.32. The fourth-order valence-corrected chi connectivity index (χ4v) is 3.46. The van der Waals surface area contributed by atoms with Gasteiger partial charge in [0.25, 0.3) is 11.5 Å². The van der Waals surface area contributed by atoms with Crippen LogP contribution in [0.5, 0.6) is 5.75 Å². The summed E-state index contributed by atoms with van der Waals surface area (Å²) >= 11 is 4.91. The third-order valence-electron chi connectivity index (χ3n) is 3.67. The molecule has 0 aliphatic heterocycles. The maximum Gasteiger partial charge on any atom is 0.266 e. The first-order valence-electron chi connectivity index (χ1n) is 7.82. The molecule has 1 N–H and O–H groups in total. The van der Waals surface area contributed by atoms with Crippen LogP contribution in [0.25, 0.3) is 10.6 Å². The van der Waals surface area contributed by atoms with Crippen molar-refractivity contribution in [3.05, 3.63) is 68.2 Å². The van der Waals surface area contributed by atoms with Crippen LogP contribution in [0.4, 0.5) is 0 Å². The average Bonchev–Trinajstić information content (AvgIpc) is 3.18. The Balaban J connectivity index is 1.67. The van der Waals surface area contributed by atoms with Crippen molar-refractivity contribution in [3.63, 3.8) is 0 Å². The van der Waals surface area contributed by atoms with Crippen molar-refractivity contribution in [2.75, 3.05) is 13.7 Å². The highest BCUT2D eigenvalue weighted by atomic mass is 79.9. The lowest BCUT2D eigenvalue weighted by atomic mass is 10.2. The molecule has 0 aliphatic carbocycles. The molecule has 6 nitrogen and oxygen atoms in total. The van der Waals surface area contributed by atoms with Gasteiger partial charge in [-0.2, -0.15) is 5.10 Å². The summed E-state index contributed by atoms with van der Waals surface area (Å²) in [6.07, 6.45) is 0. The zero-order valence-corrected chi connectivity index (χ0v) is 16.3. The maximum absolute atomic E-state index is 12.4. The van der Waals surface area contributed by atoms with Gasteiger partial charge < -0.3 is 10.1 Å². The van der Waals surface area contributed by atoms with Crippen LogP contribution in [0.1, 0.15) is 10.4 Å². The molecular weight excluding hydrogens is 418 g/mol. The highest BCUT2D eigenvalue weighted by molar-refractivity contribution is 9.10. The van der Waals surface area contributed by atoms with E-state index in [0.29, 0.717) is 15.8 Å². The highest BCUT2D eigenvalue weighted by Gasteiger charge is 2.11. The van der Waals surface area contributed by atoms with E-state index in [4.69, 9.17) is 4.74 Å². The molecule has 0 unspecified atom stereocenters. The zero-order valence-electron chi connectivity index (χ0n) is 13.9. The van der Waals surface area contributed by atoms with E-state index in [0.717, 1.165) is 10.6 Å². The monoisotopic (exact) mass is 433 g/mol. The number of carbonyl (C=O) groups is 1. The van der Waals surface area contributed by atoms with Crippen molar-refractivity contribution in [2.45, 2.75) is 6.54 Å². The standard InChI is InChI=1S/C18H16BrN3O3S/c1-25-12-4-5-14(19)13(11-12)18(24)20-8-9-22-17(23)7-6-15(21-22)16-3-2-10-26-16/h2-7,10-11H,8-9H2,1H3,(H,20,24). The quantitative estimate of drug-likeness (QED) is 0.647. The van der Waals surface area contributed by atoms with E-state index in [-0.39, 0.29) is 24.6 Å². The van der Waals surface area contributed by atoms with Gasteiger partial charge in [0.1, 0.15) is 11.4 Å². The molecular formula is C18H16BrN3O3S. The van der Waals surface area contributed by atoms with Gasteiger partial charge >= 0.3 is 0 Å². The predicted molar refractivity (Wildman–Crippen MR) is 105 cm³/mol. The van der Waals surface area contributed by atoms with Crippen LogP contribution in [0, 0.1) is 0 Å². The largest absolute Gasteiger partial charge is 0.497 e. The van der Waals surface area contributed by atoms with Crippen LogP contribution in [0.3, 0.4) is 0 Å². The summed E-state index contributed by atoms with van der Waals surface area (Å²) in [6, 6.07) is 12.2. The number of aromatic nitrogens is 2. The average molecular weight is 434 g/mol. The summed E-state index contributed by atoms with van der Waals surface area (Å²) in [5, 5.41) is 9.12. The van der Waals surface area contributed by atoms with E-state index in [9.17, 15) is 9.59 Å². The number of ether oxygens (including phenoxy) is 1. The van der Waals surface area contributed by atoms with E-state index in [1.54, 1.807) is 42.7 Å². The number of nitrogens with one attached hydrogen (secondary N) is 1. The minimum absolute atomic E-state index is 0.206. The van der Waals surface area contributed by atoms with Gasteiger partial charge in [0.05, 0.1) is 24.1 Å². The Morgan fingerprint density at radius 3 is 2.88 bits per heavy atom. The Morgan fingerprint density at radius 1 is 1.31 bits per heavy atom. The zero-order chi connectivity index (χ0) is 18.5. The molecule has 0 radical (unpaired) electrons. The molecule has 2 heterocycles. The van der Waals surface area contributed by atoms with E-state index >= 15 is 0 Å². The second kappa shape index (κ2) is 8.29. The molecule has 3 aromatic rings. The SMILES string of the molecule is COc1ccc(Br)c(C(=O)NCCn2nc(-c3cccs3)ccc2=O)c1. The van der Waals surface area contributed by atoms with Gasteiger partial charge in [-0.25, -0.2) is 4.68 Å². The highest BCUT2D eigenvalue weighted by Crippen LogP contribution is 2.22. The summed E-state index contributed by atoms with van der Waals surface area (Å²) in [5.41, 5.74) is 1.00. The molecule has 26 heavy (non-hydrogen) atoms. The summed E-state index contributed by atoms with van der Waals surface area (Å²) in [6.45, 7) is 0.564. The summed E-state index contributed by atoms with van der Waals surface area (Å²) in [5.74, 6) is 0.345. The number of amides is 1. The third kappa shape index (κ3) is 4.20. The number of carbonyl (C=O) groups excluding carboxylic acids is 1. The Morgan fingerprint density at radius 2 is 2.15 bits per heavy atom. The molecule has 0 aliphatic rings. The molecule has 1 aromatic carbocycles. The molecule has 0 atom stereocenters. The van der Waals surface area contributed by atoms with E-state index in [2.05, 4.69) is 26.3 Å². The molecule has 134 valence electrons. The molecule has 0 fully saturated rings. The Hall–Kier alpha value is -2.45. The minimum Gasteiger partial charge on any atom is -0.497 e. The number of benzene rings is 1. The van der Waals surface area contributed by atoms with E-state index in [1.165, 1.54) is 10.7 Å². The van der Waals surface area contributed by atoms with Crippen LogP contribution >= 0.6 is 27.3 Å². The number of rotatable bonds is 6. The van der Waals surface area contributed by atoms with Crippen molar-refractivity contribution >= 4 is 33.2 Å². The van der Waals surface area contributed by atoms with Gasteiger partial charge in [-0.3, -0.25) is 9.59 Å². The molecule has 2 aromatic heterocycles. The second-order valence-electron chi connectivity index (χ2n) is 5.36. The van der Waals surface area contributed by atoms with Crippen molar-refractivity contribution < 1.29 is 9.53 Å². The Bertz CT molecular complexity index is 970. The van der Waals surface area contributed by atoms with Crippen molar-refractivity contribution in [1.82, 2.24) is 15.1 Å². The molecule has 1 amide bonds. The Labute approximate surface area is 162 Å². The van der Waals surface area contributed by atoms with Crippen LogP contribution in [-0.4, -0.2) is 29.3 Å². The van der Waals surface area contributed by atoms with Crippen molar-refractivity contribution in [1.29, 1.82) is 0 Å². The van der Waals surface area contributed by atoms with Crippen LogP contribution in [-0.2, 0) is 6.54 Å². The molecule has 0 bridgehead atoms. The van der Waals surface area contributed by atoms with E-state index < -0.39 is 0 Å². The fraction of sp³-hybridized carbons (Fsp3) is 0.167. The first-order valence-corrected chi connectivity index (χ1v) is 9.49. The number of hydrogen-bond acceptors (Lipinski definition) is 5. The molecule has 0 spiro atoms. The van der Waals surface area contributed by atoms with Crippen molar-refractivity contribution in [2.24, 2.45) is 0 Å². The van der Waals surface area contributed by atoms with Gasteiger partial charge in [-0.05, 0) is 51.6 Å². The summed E-state index contributed by atoms with van der Waals surface area (Å²) < 4.78 is 7.17. The number of methoxy groups -OCH3 is 1. The second-order valence-corrected chi connectivity index (χ2v) is 7.16. The Kier molecular flexibility index (Phi) is 5.85. The van der Waals surface area contributed by atoms with Gasteiger partial charge in [0.2, 0.25) is 0 Å². The smallest absolute Gasteiger partial charge is 0.266 e. The number of hydrogen-bond donors (Lipinski definition) is 1. The minimum atomic E-state index is -0.252. The normalized spacial score (nSPS) is 10.5. The number of thiophene rings is 1. The third-order valence-corrected chi connectivity index (χ3v) is 5.25. The fourth-order valence-electron chi connectivity index (χ4n) is 2.34. The van der Waals surface area contributed by atoms with Gasteiger partial charge in [0.15, 0.2) is 0 Å². The number of nitrogens with zero attached hydrogens (tertiary/aromatic N) is 2. The summed E-state index contributed by atoms with van der Waals surface area (Å²) in [4.78, 5) is 25.3. The lowest BCUT2D eigenvalue weighted by Gasteiger charge is -2.10. The van der Waals surface area contributed by atoms with Crippen molar-refractivity contribution in [3.8, 4) is 16.3 Å². The molecule has 8 heteroatoms. The summed E-state index contributed by atoms with van der Waals surface area (Å²) in [7, 11) is 1.55. The number of halogens is 1. The van der Waals surface area contributed by atoms with Crippen LogP contribution in [0.15, 0.2) is 57.1 Å². The molecule has 0 saturated carbocycles. The van der Waals surface area contributed by atoms with E-state index in [1.807, 2.05) is 17.5 Å². The topological polar surface area (TPSA) is 73.2 Å². The first kappa shape index (κ1) is 18.3. The van der Waals surface area contributed by atoms with Gasteiger partial charge in [0, 0.05) is 17.1 Å². The lowest BCUT2D eigenvalue weighted by molar-refractivity contribution is 0.0950. The van der Waals surface area contributed by atoms with Crippen LogP contribution < -0.4 is 15.6 Å². The van der Waals surface area contributed by atoms with Gasteiger partial charge in [-0.1, -0.05) is 6.07 Å². The molecule has 3 rings (SSSR count). The predicted octanol–water partition coefficient (Wildman–Crippen LogP) is 3.17. The van der Waals surface area contributed by atoms with Gasteiger partial charge in [-0.15, -0.1) is 11.3 Å². The van der Waals surface area contributed by atoms with Crippen LogP contribution in [0.2, 0.25) is 0 Å².